The number of morpholine rings is 1. The molecule has 1 fully saturated rings. The van der Waals surface area contributed by atoms with Crippen molar-refractivity contribution in [2.75, 3.05) is 26.2 Å². The fraction of sp³-hybridized carbons (Fsp3) is 0.280. The average molecular weight is 486 g/mol. The van der Waals surface area contributed by atoms with Gasteiger partial charge in [-0.05, 0) is 52.8 Å². The maximum absolute atomic E-state index is 11.8. The highest BCUT2D eigenvalue weighted by Gasteiger charge is 2.45. The van der Waals surface area contributed by atoms with E-state index >= 15 is 0 Å². The van der Waals surface area contributed by atoms with Gasteiger partial charge in [0.15, 0.2) is 0 Å². The summed E-state index contributed by atoms with van der Waals surface area (Å²) in [5.74, 6) is -3.02. The molecule has 0 unspecified atom stereocenters. The van der Waals surface area contributed by atoms with E-state index in [9.17, 15) is 9.59 Å². The molecule has 6 nitrogen and oxygen atoms in total. The first-order valence-corrected chi connectivity index (χ1v) is 11.5. The lowest BCUT2D eigenvalue weighted by Gasteiger charge is -2.39. The first-order valence-electron chi connectivity index (χ1n) is 10.7. The second-order valence-corrected chi connectivity index (χ2v) is 8.94. The van der Waals surface area contributed by atoms with Gasteiger partial charge in [-0.25, -0.2) is 9.59 Å². The van der Waals surface area contributed by atoms with Crippen molar-refractivity contribution in [2.45, 2.75) is 18.8 Å². The van der Waals surface area contributed by atoms with Gasteiger partial charge >= 0.3 is 17.9 Å². The summed E-state index contributed by atoms with van der Waals surface area (Å²) < 4.78 is 16.1. The zero-order valence-electron chi connectivity index (χ0n) is 17.7. The molecule has 33 heavy (non-hydrogen) atoms. The number of carbonyl (C=O) groups is 2. The molecule has 0 N–H and O–H groups in total. The van der Waals surface area contributed by atoms with Crippen LogP contribution < -0.4 is 0 Å². The number of fused-ring (bicyclic) bond motifs is 1. The highest BCUT2D eigenvalue weighted by atomic mass is 35.5. The molecule has 2 aromatic rings. The summed E-state index contributed by atoms with van der Waals surface area (Å²) in [5.41, 5.74) is 5.92. The number of hydrogen-bond donors (Lipinski definition) is 0. The molecule has 2 heterocycles. The highest BCUT2D eigenvalue weighted by Crippen LogP contribution is 2.38. The summed E-state index contributed by atoms with van der Waals surface area (Å²) >= 11 is 12.3. The van der Waals surface area contributed by atoms with Gasteiger partial charge in [0.1, 0.15) is 6.54 Å². The monoisotopic (exact) mass is 485 g/mol. The molecule has 0 amide bonds. The van der Waals surface area contributed by atoms with Gasteiger partial charge < -0.3 is 14.2 Å². The summed E-state index contributed by atoms with van der Waals surface area (Å²) in [6.07, 6.45) is 5.98. The van der Waals surface area contributed by atoms with Crippen LogP contribution >= 0.6 is 23.2 Å². The fourth-order valence-electron chi connectivity index (χ4n) is 4.47. The molecule has 3 aliphatic rings. The molecule has 0 atom stereocenters. The van der Waals surface area contributed by atoms with Crippen LogP contribution in [-0.2, 0) is 30.2 Å². The number of allylic oxidation sites excluding steroid dienone is 1. The molecule has 0 saturated carbocycles. The van der Waals surface area contributed by atoms with Crippen LogP contribution in [0.2, 0.25) is 10.0 Å². The van der Waals surface area contributed by atoms with Crippen molar-refractivity contribution in [1.29, 1.82) is 0 Å². The minimum Gasteiger partial charge on any atom is -0.394 e. The Balaban J connectivity index is 1.29. The fourth-order valence-corrected chi connectivity index (χ4v) is 4.76. The minimum absolute atomic E-state index is 0.162. The number of ether oxygens (including phenoxy) is 3. The third-order valence-electron chi connectivity index (χ3n) is 6.02. The van der Waals surface area contributed by atoms with Gasteiger partial charge in [-0.2, -0.15) is 0 Å². The molecular formula is C25H21Cl2NO5. The van der Waals surface area contributed by atoms with E-state index in [2.05, 4.69) is 29.2 Å². The van der Waals surface area contributed by atoms with Crippen LogP contribution in [0.15, 0.2) is 54.6 Å². The van der Waals surface area contributed by atoms with Crippen LogP contribution in [0.25, 0.3) is 16.7 Å². The van der Waals surface area contributed by atoms with Gasteiger partial charge in [-0.3, -0.25) is 4.90 Å². The van der Waals surface area contributed by atoms with Gasteiger partial charge in [0.05, 0.1) is 16.7 Å². The Bertz CT molecular complexity index is 1170. The summed E-state index contributed by atoms with van der Waals surface area (Å²) in [6.45, 7) is 1.80. The summed E-state index contributed by atoms with van der Waals surface area (Å²) in [6, 6.07) is 12.0. The van der Waals surface area contributed by atoms with Gasteiger partial charge in [0.25, 0.3) is 0 Å². The molecule has 0 bridgehead atoms. The quantitative estimate of drug-likeness (QED) is 0.588. The molecule has 1 saturated heterocycles. The van der Waals surface area contributed by atoms with Crippen molar-refractivity contribution >= 4 is 40.7 Å². The van der Waals surface area contributed by atoms with E-state index in [1.165, 1.54) is 16.7 Å². The van der Waals surface area contributed by atoms with Crippen LogP contribution in [0.4, 0.5) is 0 Å². The highest BCUT2D eigenvalue weighted by molar-refractivity contribution is 6.42. The topological polar surface area (TPSA) is 65.1 Å². The first-order chi connectivity index (χ1) is 15.9. The largest absolute Gasteiger partial charge is 0.394 e. The van der Waals surface area contributed by atoms with Crippen molar-refractivity contribution < 1.29 is 23.8 Å². The number of carbonyl (C=O) groups excluding carboxylic acids is 2. The third kappa shape index (κ3) is 4.57. The smallest absolute Gasteiger partial charge is 0.389 e. The molecule has 0 aromatic heterocycles. The lowest BCUT2D eigenvalue weighted by Crippen LogP contribution is -2.56. The van der Waals surface area contributed by atoms with Crippen molar-refractivity contribution in [3.8, 4) is 11.1 Å². The lowest BCUT2D eigenvalue weighted by atomic mass is 9.94. The van der Waals surface area contributed by atoms with Crippen LogP contribution in [0.3, 0.4) is 0 Å². The molecular weight excluding hydrogens is 465 g/mol. The SMILES string of the molecule is O=C1C=CC(=O)OC2(CN(CCC3=CCc4c3cccc4-c3ccc(Cl)c(Cl)c3)CCO2)O1. The maximum atomic E-state index is 11.8. The molecule has 2 aliphatic heterocycles. The second kappa shape index (κ2) is 8.95. The number of benzene rings is 2. The summed E-state index contributed by atoms with van der Waals surface area (Å²) in [7, 11) is 0. The van der Waals surface area contributed by atoms with Crippen LogP contribution in [0.1, 0.15) is 17.5 Å². The average Bonchev–Trinajstić information content (AvgIpc) is 3.15. The van der Waals surface area contributed by atoms with Crippen LogP contribution in [0, 0.1) is 0 Å². The van der Waals surface area contributed by atoms with E-state index in [1.54, 1.807) is 0 Å². The summed E-state index contributed by atoms with van der Waals surface area (Å²) in [4.78, 5) is 25.8. The van der Waals surface area contributed by atoms with Gasteiger partial charge in [-0.1, -0.05) is 53.5 Å². The molecule has 1 spiro atoms. The van der Waals surface area contributed by atoms with Crippen molar-refractivity contribution in [3.05, 3.63) is 75.8 Å². The number of rotatable bonds is 4. The number of nitrogens with zero attached hydrogens (tertiary/aromatic N) is 1. The van der Waals surface area contributed by atoms with E-state index in [0.29, 0.717) is 23.1 Å². The predicted octanol–water partition coefficient (Wildman–Crippen LogP) is 4.63. The Labute approximate surface area is 201 Å². The zero-order chi connectivity index (χ0) is 23.0. The molecule has 5 rings (SSSR count). The third-order valence-corrected chi connectivity index (χ3v) is 6.76. The predicted molar refractivity (Wildman–Crippen MR) is 125 cm³/mol. The first kappa shape index (κ1) is 22.2. The Hall–Kier alpha value is -2.64. The summed E-state index contributed by atoms with van der Waals surface area (Å²) in [5, 5.41) is 1.07. The Morgan fingerprint density at radius 3 is 2.48 bits per heavy atom. The van der Waals surface area contributed by atoms with E-state index in [0.717, 1.165) is 36.1 Å². The van der Waals surface area contributed by atoms with E-state index < -0.39 is 17.9 Å². The lowest BCUT2D eigenvalue weighted by molar-refractivity contribution is -0.359. The van der Waals surface area contributed by atoms with Gasteiger partial charge in [0.2, 0.25) is 0 Å². The van der Waals surface area contributed by atoms with Gasteiger partial charge in [-0.15, -0.1) is 0 Å². The number of halogens is 2. The van der Waals surface area contributed by atoms with E-state index in [1.807, 2.05) is 18.2 Å². The van der Waals surface area contributed by atoms with Gasteiger partial charge in [0, 0.05) is 25.2 Å². The molecule has 170 valence electrons. The zero-order valence-corrected chi connectivity index (χ0v) is 19.2. The maximum Gasteiger partial charge on any atom is 0.389 e. The van der Waals surface area contributed by atoms with Crippen molar-refractivity contribution in [2.24, 2.45) is 0 Å². The van der Waals surface area contributed by atoms with E-state index in [4.69, 9.17) is 37.4 Å². The second-order valence-electron chi connectivity index (χ2n) is 8.13. The van der Waals surface area contributed by atoms with Crippen molar-refractivity contribution in [3.63, 3.8) is 0 Å². The Morgan fingerprint density at radius 2 is 1.73 bits per heavy atom. The molecule has 0 radical (unpaired) electrons. The number of hydrogen-bond acceptors (Lipinski definition) is 6. The number of esters is 2. The Kier molecular flexibility index (Phi) is 6.01. The van der Waals surface area contributed by atoms with Crippen molar-refractivity contribution in [1.82, 2.24) is 4.90 Å². The molecule has 2 aromatic carbocycles. The Morgan fingerprint density at radius 1 is 0.970 bits per heavy atom. The molecule has 1 aliphatic carbocycles. The standard InChI is InChI=1S/C25H21Cl2NO5/c26-21-7-5-17(14-22(21)27)19-3-1-2-18-16(4-6-20(18)19)10-11-28-12-13-31-25(15-28)32-23(29)8-9-24(30)33-25/h1-5,7-9,14H,6,10-13,15H2. The van der Waals surface area contributed by atoms with E-state index in [-0.39, 0.29) is 13.2 Å². The normalized spacial score (nSPS) is 19.6. The minimum atomic E-state index is -1.70. The molecule has 8 heteroatoms. The van der Waals surface area contributed by atoms with Crippen LogP contribution in [-0.4, -0.2) is 49.1 Å². The van der Waals surface area contributed by atoms with Crippen LogP contribution in [0.5, 0.6) is 0 Å².